The van der Waals surface area contributed by atoms with Crippen molar-refractivity contribution in [2.45, 2.75) is 19.8 Å². The third-order valence-electron chi connectivity index (χ3n) is 3.81. The molecule has 0 aliphatic rings. The van der Waals surface area contributed by atoms with Crippen molar-refractivity contribution in [3.8, 4) is 11.4 Å². The van der Waals surface area contributed by atoms with Crippen LogP contribution in [-0.4, -0.2) is 27.3 Å². The molecule has 1 amide bonds. The van der Waals surface area contributed by atoms with Gasteiger partial charge in [-0.2, -0.15) is 5.10 Å². The largest absolute Gasteiger partial charge is 0.484 e. The third-order valence-corrected chi connectivity index (χ3v) is 4.31. The van der Waals surface area contributed by atoms with Crippen molar-refractivity contribution in [2.75, 3.05) is 11.9 Å². The summed E-state index contributed by atoms with van der Waals surface area (Å²) in [5.74, 6) is 0.867. The molecule has 1 heterocycles. The Balaban J connectivity index is 1.66. The summed E-state index contributed by atoms with van der Waals surface area (Å²) in [5, 5.41) is 6.96. The first-order valence-electron chi connectivity index (χ1n) is 8.20. The van der Waals surface area contributed by atoms with E-state index in [0.29, 0.717) is 17.4 Å². The number of aromatic nitrogens is 3. The average molecular weight is 415 g/mol. The molecule has 0 spiro atoms. The summed E-state index contributed by atoms with van der Waals surface area (Å²) < 4.78 is 8.02. The summed E-state index contributed by atoms with van der Waals surface area (Å²) in [5.41, 5.74) is 2.57. The molecule has 0 fully saturated rings. The Morgan fingerprint density at radius 2 is 2.00 bits per heavy atom. The first-order valence-corrected chi connectivity index (χ1v) is 8.99. The Labute approximate surface area is 160 Å². The number of benzene rings is 2. The van der Waals surface area contributed by atoms with Gasteiger partial charge in [-0.15, -0.1) is 0 Å². The number of rotatable bonds is 6. The van der Waals surface area contributed by atoms with E-state index in [0.717, 1.165) is 10.2 Å². The van der Waals surface area contributed by atoms with Crippen molar-refractivity contribution in [1.29, 1.82) is 0 Å². The van der Waals surface area contributed by atoms with Crippen LogP contribution < -0.4 is 10.1 Å². The second-order valence-electron chi connectivity index (χ2n) is 6.06. The Bertz CT molecular complexity index is 877. The van der Waals surface area contributed by atoms with Gasteiger partial charge >= 0.3 is 0 Å². The van der Waals surface area contributed by atoms with E-state index < -0.39 is 0 Å². The molecule has 134 valence electrons. The fraction of sp³-hybridized carbons (Fsp3) is 0.211. The quantitative estimate of drug-likeness (QED) is 0.656. The molecule has 0 radical (unpaired) electrons. The van der Waals surface area contributed by atoms with Crippen molar-refractivity contribution in [3.63, 3.8) is 0 Å². The minimum absolute atomic E-state index is 0.0790. The number of amides is 1. The highest BCUT2D eigenvalue weighted by Crippen LogP contribution is 2.24. The van der Waals surface area contributed by atoms with Crippen molar-refractivity contribution in [1.82, 2.24) is 14.8 Å². The lowest BCUT2D eigenvalue weighted by molar-refractivity contribution is -0.118. The summed E-state index contributed by atoms with van der Waals surface area (Å²) in [6.07, 6.45) is 3.02. The first kappa shape index (κ1) is 18.1. The van der Waals surface area contributed by atoms with Crippen LogP contribution in [0.5, 0.6) is 5.75 Å². The van der Waals surface area contributed by atoms with Gasteiger partial charge in [-0.25, -0.2) is 9.67 Å². The van der Waals surface area contributed by atoms with Crippen molar-refractivity contribution >= 4 is 27.5 Å². The Morgan fingerprint density at radius 1 is 1.23 bits per heavy atom. The Hall–Kier alpha value is -2.67. The summed E-state index contributed by atoms with van der Waals surface area (Å²) in [6.45, 7) is 4.19. The lowest BCUT2D eigenvalue weighted by atomic mass is 10.0. The summed E-state index contributed by atoms with van der Waals surface area (Å²) in [7, 11) is 0. The zero-order valence-electron chi connectivity index (χ0n) is 14.5. The molecule has 1 N–H and O–H groups in total. The maximum atomic E-state index is 12.3. The highest BCUT2D eigenvalue weighted by atomic mass is 79.9. The molecule has 0 saturated heterocycles. The van der Waals surface area contributed by atoms with Gasteiger partial charge in [-0.3, -0.25) is 4.79 Å². The normalized spacial score (nSPS) is 10.8. The molecule has 0 saturated carbocycles. The summed E-state index contributed by atoms with van der Waals surface area (Å²) >= 11 is 3.42. The summed E-state index contributed by atoms with van der Waals surface area (Å²) in [6, 6.07) is 13.3. The van der Waals surface area contributed by atoms with Gasteiger partial charge in [0.1, 0.15) is 18.4 Å². The van der Waals surface area contributed by atoms with Crippen LogP contribution in [0.2, 0.25) is 0 Å². The van der Waals surface area contributed by atoms with Crippen LogP contribution in [0.3, 0.4) is 0 Å². The minimum Gasteiger partial charge on any atom is -0.484 e. The van der Waals surface area contributed by atoms with Gasteiger partial charge in [0.25, 0.3) is 5.91 Å². The van der Waals surface area contributed by atoms with Crippen LogP contribution in [0.4, 0.5) is 5.69 Å². The number of anilines is 1. The van der Waals surface area contributed by atoms with Gasteiger partial charge in [0.05, 0.1) is 11.4 Å². The number of nitrogens with zero attached hydrogens (tertiary/aromatic N) is 3. The third kappa shape index (κ3) is 4.49. The minimum atomic E-state index is -0.252. The predicted octanol–water partition coefficient (Wildman–Crippen LogP) is 4.17. The van der Waals surface area contributed by atoms with Crippen LogP contribution in [0.15, 0.2) is 59.6 Å². The smallest absolute Gasteiger partial charge is 0.262 e. The van der Waals surface area contributed by atoms with E-state index in [1.165, 1.54) is 11.9 Å². The van der Waals surface area contributed by atoms with E-state index in [1.807, 2.05) is 42.5 Å². The molecule has 0 atom stereocenters. The van der Waals surface area contributed by atoms with Crippen LogP contribution in [0.1, 0.15) is 25.3 Å². The van der Waals surface area contributed by atoms with E-state index in [1.54, 1.807) is 11.0 Å². The second kappa shape index (κ2) is 8.14. The first-order chi connectivity index (χ1) is 12.5. The average Bonchev–Trinajstić information content (AvgIpc) is 3.15. The van der Waals surface area contributed by atoms with E-state index in [2.05, 4.69) is 45.2 Å². The van der Waals surface area contributed by atoms with Crippen molar-refractivity contribution in [3.05, 3.63) is 65.2 Å². The number of carbonyl (C=O) groups is 1. The van der Waals surface area contributed by atoms with Gasteiger partial charge in [-0.05, 0) is 41.8 Å². The number of hydrogen-bond acceptors (Lipinski definition) is 4. The zero-order valence-corrected chi connectivity index (χ0v) is 16.1. The topological polar surface area (TPSA) is 69.0 Å². The van der Waals surface area contributed by atoms with Crippen molar-refractivity contribution in [2.24, 2.45) is 0 Å². The molecular weight excluding hydrogens is 396 g/mol. The van der Waals surface area contributed by atoms with Crippen LogP contribution in [-0.2, 0) is 4.79 Å². The molecule has 3 aromatic rings. The molecule has 7 heteroatoms. The van der Waals surface area contributed by atoms with Gasteiger partial charge in [0.2, 0.25) is 0 Å². The number of nitrogens with one attached hydrogen (secondary N) is 1. The predicted molar refractivity (Wildman–Crippen MR) is 104 cm³/mol. The number of carbonyl (C=O) groups excluding carboxylic acids is 1. The van der Waals surface area contributed by atoms with Crippen LogP contribution >= 0.6 is 15.9 Å². The molecule has 0 unspecified atom stereocenters. The molecule has 6 nitrogen and oxygen atoms in total. The SMILES string of the molecule is CC(C)c1ccc(OCC(=O)Nc2cc(Br)ccc2-n2cncn2)cc1. The van der Waals surface area contributed by atoms with E-state index in [9.17, 15) is 4.79 Å². The fourth-order valence-electron chi connectivity index (χ4n) is 2.42. The molecule has 26 heavy (non-hydrogen) atoms. The lowest BCUT2D eigenvalue weighted by Crippen LogP contribution is -2.21. The lowest BCUT2D eigenvalue weighted by Gasteiger charge is -2.12. The number of hydrogen-bond donors (Lipinski definition) is 1. The maximum Gasteiger partial charge on any atom is 0.262 e. The van der Waals surface area contributed by atoms with Gasteiger partial charge in [0.15, 0.2) is 6.61 Å². The standard InChI is InChI=1S/C19H19BrN4O2/c1-13(2)14-3-6-16(7-4-14)26-10-19(25)23-17-9-15(20)5-8-18(17)24-12-21-11-22-24/h3-9,11-13H,10H2,1-2H3,(H,23,25). The van der Waals surface area contributed by atoms with Crippen molar-refractivity contribution < 1.29 is 9.53 Å². The molecule has 2 aromatic carbocycles. The Morgan fingerprint density at radius 3 is 2.65 bits per heavy atom. The van der Waals surface area contributed by atoms with Gasteiger partial charge in [-0.1, -0.05) is 41.9 Å². The summed E-state index contributed by atoms with van der Waals surface area (Å²) in [4.78, 5) is 16.2. The fourth-order valence-corrected chi connectivity index (χ4v) is 2.79. The monoisotopic (exact) mass is 414 g/mol. The van der Waals surface area contributed by atoms with Gasteiger partial charge in [0, 0.05) is 4.47 Å². The molecule has 1 aromatic heterocycles. The molecule has 0 aliphatic heterocycles. The Kier molecular flexibility index (Phi) is 5.68. The van der Waals surface area contributed by atoms with Crippen LogP contribution in [0, 0.1) is 0 Å². The molecule has 0 bridgehead atoms. The molecular formula is C19H19BrN4O2. The molecule has 0 aliphatic carbocycles. The van der Waals surface area contributed by atoms with Gasteiger partial charge < -0.3 is 10.1 Å². The van der Waals surface area contributed by atoms with E-state index >= 15 is 0 Å². The molecule has 3 rings (SSSR count). The van der Waals surface area contributed by atoms with Crippen LogP contribution in [0.25, 0.3) is 5.69 Å². The number of halogens is 1. The highest BCUT2D eigenvalue weighted by molar-refractivity contribution is 9.10. The maximum absolute atomic E-state index is 12.3. The zero-order chi connectivity index (χ0) is 18.5. The van der Waals surface area contributed by atoms with E-state index in [-0.39, 0.29) is 12.5 Å². The van der Waals surface area contributed by atoms with E-state index in [4.69, 9.17) is 4.74 Å². The second-order valence-corrected chi connectivity index (χ2v) is 6.98. The number of ether oxygens (including phenoxy) is 1. The highest BCUT2D eigenvalue weighted by Gasteiger charge is 2.11.